The highest BCUT2D eigenvalue weighted by Crippen LogP contribution is 2.26. The molecule has 3 N–H and O–H groups in total. The molecule has 168 valence electrons. The van der Waals surface area contributed by atoms with Crippen molar-refractivity contribution in [2.24, 2.45) is 0 Å². The largest absolute Gasteiger partial charge is 0.508 e. The van der Waals surface area contributed by atoms with Gasteiger partial charge in [-0.1, -0.05) is 6.92 Å². The first-order chi connectivity index (χ1) is 15.5. The molecule has 3 rings (SSSR count). The van der Waals surface area contributed by atoms with E-state index in [1.807, 2.05) is 6.92 Å². The summed E-state index contributed by atoms with van der Waals surface area (Å²) in [6, 6.07) is 13.9. The lowest BCUT2D eigenvalue weighted by Crippen LogP contribution is -2.31. The number of carbonyl (C=O) groups is 1. The van der Waals surface area contributed by atoms with Crippen molar-refractivity contribution < 1.29 is 19.4 Å². The first-order valence-corrected chi connectivity index (χ1v) is 10.5. The van der Waals surface area contributed by atoms with E-state index in [0.29, 0.717) is 42.5 Å². The van der Waals surface area contributed by atoms with Crippen molar-refractivity contribution in [2.45, 2.75) is 20.3 Å². The number of aromatic nitrogens is 2. The molecular weight excluding hydrogens is 410 g/mol. The number of benzene rings is 2. The molecule has 8 nitrogen and oxygen atoms in total. The summed E-state index contributed by atoms with van der Waals surface area (Å²) in [5, 5.41) is 12.5. The minimum atomic E-state index is -0.469. The number of aromatic amines is 1. The van der Waals surface area contributed by atoms with Crippen LogP contribution in [0.15, 0.2) is 53.3 Å². The van der Waals surface area contributed by atoms with Crippen molar-refractivity contribution in [3.05, 3.63) is 64.6 Å². The van der Waals surface area contributed by atoms with E-state index >= 15 is 0 Å². The van der Waals surface area contributed by atoms with Gasteiger partial charge in [0.25, 0.3) is 5.91 Å². The number of ether oxygens (including phenoxy) is 2. The zero-order valence-corrected chi connectivity index (χ0v) is 18.2. The summed E-state index contributed by atoms with van der Waals surface area (Å²) >= 11 is 0. The Hall–Kier alpha value is -3.65. The zero-order chi connectivity index (χ0) is 22.9. The number of nitrogens with zero attached hydrogens (tertiary/aromatic N) is 1. The molecule has 0 aliphatic carbocycles. The van der Waals surface area contributed by atoms with Crippen LogP contribution >= 0.6 is 0 Å². The molecule has 0 fully saturated rings. The van der Waals surface area contributed by atoms with Crippen molar-refractivity contribution in [1.29, 1.82) is 0 Å². The number of H-pyrrole nitrogens is 1. The summed E-state index contributed by atoms with van der Waals surface area (Å²) < 4.78 is 10.8. The van der Waals surface area contributed by atoms with Crippen molar-refractivity contribution in [3.63, 3.8) is 0 Å². The average Bonchev–Trinajstić information content (AvgIpc) is 2.79. The summed E-state index contributed by atoms with van der Waals surface area (Å²) in [7, 11) is 0. The van der Waals surface area contributed by atoms with Gasteiger partial charge in [0.05, 0.1) is 18.0 Å². The van der Waals surface area contributed by atoms with Crippen LogP contribution in [0.3, 0.4) is 0 Å². The van der Waals surface area contributed by atoms with Crippen molar-refractivity contribution >= 4 is 5.91 Å². The van der Waals surface area contributed by atoms with Gasteiger partial charge in [0.1, 0.15) is 11.5 Å². The minimum Gasteiger partial charge on any atom is -0.508 e. The lowest BCUT2D eigenvalue weighted by Gasteiger charge is -2.09. The number of rotatable bonds is 10. The molecule has 0 spiro atoms. The van der Waals surface area contributed by atoms with Crippen LogP contribution in [0.25, 0.3) is 22.5 Å². The van der Waals surface area contributed by atoms with E-state index in [-0.39, 0.29) is 18.3 Å². The SMILES string of the molecule is CCCOCCNC(=O)COc1ccc(-c2cc(-c3ccc(O)c(C)c3)nc(=O)[nH]2)cc1. The Morgan fingerprint density at radius 2 is 1.84 bits per heavy atom. The molecule has 1 heterocycles. The van der Waals surface area contributed by atoms with Crippen LogP contribution in [0, 0.1) is 6.92 Å². The Bertz CT molecular complexity index is 1110. The van der Waals surface area contributed by atoms with E-state index in [9.17, 15) is 14.7 Å². The van der Waals surface area contributed by atoms with Crippen molar-refractivity contribution in [1.82, 2.24) is 15.3 Å². The Morgan fingerprint density at radius 3 is 2.56 bits per heavy atom. The predicted molar refractivity (Wildman–Crippen MR) is 122 cm³/mol. The first kappa shape index (κ1) is 23.0. The van der Waals surface area contributed by atoms with Gasteiger partial charge in [0.2, 0.25) is 0 Å². The zero-order valence-electron chi connectivity index (χ0n) is 18.2. The van der Waals surface area contributed by atoms with Crippen LogP contribution in [0.2, 0.25) is 0 Å². The predicted octanol–water partition coefficient (Wildman–Crippen LogP) is 3.04. The smallest absolute Gasteiger partial charge is 0.345 e. The molecule has 2 aromatic carbocycles. The minimum absolute atomic E-state index is 0.0937. The maximum Gasteiger partial charge on any atom is 0.345 e. The highest BCUT2D eigenvalue weighted by molar-refractivity contribution is 5.77. The fourth-order valence-corrected chi connectivity index (χ4v) is 3.02. The topological polar surface area (TPSA) is 114 Å². The summed E-state index contributed by atoms with van der Waals surface area (Å²) in [5.74, 6) is 0.506. The molecule has 1 aromatic heterocycles. The Morgan fingerprint density at radius 1 is 1.09 bits per heavy atom. The summed E-state index contributed by atoms with van der Waals surface area (Å²) in [5.41, 5.74) is 2.84. The monoisotopic (exact) mass is 437 g/mol. The van der Waals surface area contributed by atoms with Crippen molar-refractivity contribution in [3.8, 4) is 34.0 Å². The molecule has 3 aromatic rings. The van der Waals surface area contributed by atoms with E-state index in [1.54, 1.807) is 55.5 Å². The Labute approximate surface area is 186 Å². The molecule has 1 amide bonds. The van der Waals surface area contributed by atoms with Crippen LogP contribution in [0.1, 0.15) is 18.9 Å². The van der Waals surface area contributed by atoms with Crippen LogP contribution in [-0.4, -0.2) is 47.3 Å². The third kappa shape index (κ3) is 6.42. The number of carbonyl (C=O) groups excluding carboxylic acids is 1. The van der Waals surface area contributed by atoms with Crippen LogP contribution in [-0.2, 0) is 9.53 Å². The number of hydrogen-bond donors (Lipinski definition) is 3. The maximum absolute atomic E-state index is 12.1. The second kappa shape index (κ2) is 11.1. The van der Waals surface area contributed by atoms with Crippen molar-refractivity contribution in [2.75, 3.05) is 26.4 Å². The highest BCUT2D eigenvalue weighted by atomic mass is 16.5. The van der Waals surface area contributed by atoms with Gasteiger partial charge < -0.3 is 24.9 Å². The molecule has 0 radical (unpaired) electrons. The number of aryl methyl sites for hydroxylation is 1. The van der Waals surface area contributed by atoms with Gasteiger partial charge in [-0.2, -0.15) is 4.98 Å². The standard InChI is InChI=1S/C24H27N3O5/c1-3-11-31-12-10-25-23(29)15-32-19-7-4-17(5-8-19)20-14-21(27-24(30)26-20)18-6-9-22(28)16(2)13-18/h4-9,13-14,28H,3,10-12,15H2,1-2H3,(H,25,29)(H,26,27,30). The summed E-state index contributed by atoms with van der Waals surface area (Å²) in [4.78, 5) is 30.7. The van der Waals surface area contributed by atoms with E-state index in [0.717, 1.165) is 17.5 Å². The first-order valence-electron chi connectivity index (χ1n) is 10.5. The van der Waals surface area contributed by atoms with Gasteiger partial charge in [-0.15, -0.1) is 0 Å². The molecular formula is C24H27N3O5. The Balaban J connectivity index is 1.63. The molecule has 0 aliphatic rings. The lowest BCUT2D eigenvalue weighted by molar-refractivity contribution is -0.123. The molecule has 0 saturated heterocycles. The third-order valence-electron chi connectivity index (χ3n) is 4.69. The van der Waals surface area contributed by atoms with Gasteiger partial charge >= 0.3 is 5.69 Å². The van der Waals surface area contributed by atoms with Crippen LogP contribution in [0.5, 0.6) is 11.5 Å². The number of phenols is 1. The molecule has 0 saturated carbocycles. The fraction of sp³-hybridized carbons (Fsp3) is 0.292. The molecule has 0 unspecified atom stereocenters. The average molecular weight is 437 g/mol. The van der Waals surface area contributed by atoms with Crippen LogP contribution in [0.4, 0.5) is 0 Å². The van der Waals surface area contributed by atoms with Gasteiger partial charge in [-0.25, -0.2) is 4.79 Å². The third-order valence-corrected chi connectivity index (χ3v) is 4.69. The molecule has 0 bridgehead atoms. The maximum atomic E-state index is 12.1. The number of phenolic OH excluding ortho intramolecular Hbond substituents is 1. The second-order valence-electron chi connectivity index (χ2n) is 7.26. The highest BCUT2D eigenvalue weighted by Gasteiger charge is 2.08. The number of aromatic hydroxyl groups is 1. The summed E-state index contributed by atoms with van der Waals surface area (Å²) in [6.07, 6.45) is 0.943. The van der Waals surface area contributed by atoms with E-state index < -0.39 is 5.69 Å². The second-order valence-corrected chi connectivity index (χ2v) is 7.26. The van der Waals surface area contributed by atoms with E-state index in [1.165, 1.54) is 0 Å². The van der Waals surface area contributed by atoms with Crippen LogP contribution < -0.4 is 15.7 Å². The normalized spacial score (nSPS) is 10.7. The van der Waals surface area contributed by atoms with E-state index in [2.05, 4.69) is 15.3 Å². The van der Waals surface area contributed by atoms with Gasteiger partial charge in [-0.05, 0) is 73.0 Å². The summed E-state index contributed by atoms with van der Waals surface area (Å²) in [6.45, 7) is 5.32. The van der Waals surface area contributed by atoms with Gasteiger partial charge in [0, 0.05) is 18.7 Å². The number of nitrogens with one attached hydrogen (secondary N) is 2. The van der Waals surface area contributed by atoms with Gasteiger partial charge in [0.15, 0.2) is 6.61 Å². The number of hydrogen-bond acceptors (Lipinski definition) is 6. The lowest BCUT2D eigenvalue weighted by atomic mass is 10.1. The molecule has 32 heavy (non-hydrogen) atoms. The Kier molecular flexibility index (Phi) is 7.99. The quantitative estimate of drug-likeness (QED) is 0.420. The van der Waals surface area contributed by atoms with Gasteiger partial charge in [-0.3, -0.25) is 4.79 Å². The number of amides is 1. The fourth-order valence-electron chi connectivity index (χ4n) is 3.02. The molecule has 8 heteroatoms. The van der Waals surface area contributed by atoms with E-state index in [4.69, 9.17) is 9.47 Å². The molecule has 0 aliphatic heterocycles. The molecule has 0 atom stereocenters.